The molecule has 402 valence electrons. The number of cyclic esters (lactones) is 1. The van der Waals surface area contributed by atoms with Crippen LogP contribution in [0.25, 0.3) is 22.3 Å². The van der Waals surface area contributed by atoms with Crippen LogP contribution in [-0.2, 0) is 76.0 Å². The summed E-state index contributed by atoms with van der Waals surface area (Å²) < 4.78 is 40.7. The minimum atomic E-state index is -2.08. The van der Waals surface area contributed by atoms with E-state index in [0.717, 1.165) is 23.8 Å². The van der Waals surface area contributed by atoms with Gasteiger partial charge in [0.2, 0.25) is 36.0 Å². The van der Waals surface area contributed by atoms with Gasteiger partial charge in [0, 0.05) is 42.1 Å². The van der Waals surface area contributed by atoms with Gasteiger partial charge in [0.25, 0.3) is 5.56 Å². The van der Waals surface area contributed by atoms with Gasteiger partial charge in [-0.2, -0.15) is 0 Å². The molecule has 4 aliphatic heterocycles. The Morgan fingerprint density at radius 2 is 1.65 bits per heavy atom. The third-order valence-electron chi connectivity index (χ3n) is 13.4. The Labute approximate surface area is 426 Å². The van der Waals surface area contributed by atoms with Gasteiger partial charge in [0.1, 0.15) is 24.7 Å². The van der Waals surface area contributed by atoms with E-state index in [1.165, 1.54) is 9.47 Å². The zero-order valence-corrected chi connectivity index (χ0v) is 41.9. The fourth-order valence-corrected chi connectivity index (χ4v) is 9.38. The van der Waals surface area contributed by atoms with Crippen molar-refractivity contribution < 1.29 is 71.8 Å². The van der Waals surface area contributed by atoms with Crippen molar-refractivity contribution in [3.05, 3.63) is 51.3 Å². The van der Waals surface area contributed by atoms with Crippen LogP contribution in [0, 0.1) is 5.92 Å². The lowest BCUT2D eigenvalue weighted by molar-refractivity contribution is -0.191. The highest BCUT2D eigenvalue weighted by molar-refractivity contribution is 5.96. The van der Waals surface area contributed by atoms with E-state index in [9.17, 15) is 43.5 Å². The van der Waals surface area contributed by atoms with Crippen molar-refractivity contribution in [1.82, 2.24) is 30.4 Å². The number of nitrogens with zero attached hydrogens (tertiary/aromatic N) is 3. The first-order chi connectivity index (χ1) is 35.6. The van der Waals surface area contributed by atoms with Crippen molar-refractivity contribution in [3.63, 3.8) is 0 Å². The molecular formula is C50H66N8O16. The molecule has 6 heterocycles. The standard InChI is InChI=1S/C50H66N8O16/c1-4-50(32-22-37-43-30(25-58(37)46(64)31(32)26-71-49(50)67)20-29-21-38-39(73-27-72-38)23-34(29)55-43)74-48(66)42(28(2)3)56-45(63)36-9-7-13-57(36)47(65)35(24-41(60)61)54-40(59)10-14-68-16-18-70-19-17-69-15-12-53-44(62)33(52)8-5-6-11-51/h20-23,28,33,35-36,42H,4-19,24-27,51-52H2,1-3H3,(H,53,62)(H,54,59)(H,56,63)(H,60,61)/t33-,35-,36-,42-,50-/m0/s1. The Kier molecular flexibility index (Phi) is 18.6. The van der Waals surface area contributed by atoms with Gasteiger partial charge in [-0.15, -0.1) is 0 Å². The summed E-state index contributed by atoms with van der Waals surface area (Å²) in [5.41, 5.74) is 11.3. The van der Waals surface area contributed by atoms with Gasteiger partial charge in [-0.25, -0.2) is 14.6 Å². The smallest absolute Gasteiger partial charge is 0.355 e. The van der Waals surface area contributed by atoms with Crippen LogP contribution < -0.4 is 42.5 Å². The molecule has 5 atom stereocenters. The number of esters is 2. The van der Waals surface area contributed by atoms with Gasteiger partial charge >= 0.3 is 17.9 Å². The number of fused-ring (bicyclic) bond motifs is 6. The Hall–Kier alpha value is -6.73. The normalized spacial score (nSPS) is 18.5. The SMILES string of the molecule is CC[C@@]1(OC(=O)[C@@H](NC(=O)[C@@H]2CCCN2C(=O)[C@H](CC(=O)O)NC(=O)CCOCCOCCOCCNC(=O)[C@@H](N)CCCCN)C(C)C)C(=O)OCc2c1cc1n(c2=O)Cc2cc3cc4c(cc3nc2-1)OCO4. The topological polar surface area (TPSA) is 331 Å². The fraction of sp³-hybridized carbons (Fsp3) is 0.580. The number of carboxylic acid groups (broad SMARTS) is 1. The van der Waals surface area contributed by atoms with Crippen LogP contribution in [0.15, 0.2) is 29.1 Å². The van der Waals surface area contributed by atoms with Crippen LogP contribution in [0.5, 0.6) is 11.5 Å². The van der Waals surface area contributed by atoms with Crippen LogP contribution in [0.3, 0.4) is 0 Å². The molecule has 24 nitrogen and oxygen atoms in total. The van der Waals surface area contributed by atoms with Gasteiger partial charge in [0.15, 0.2) is 11.5 Å². The lowest BCUT2D eigenvalue weighted by atomic mass is 9.85. The fourth-order valence-electron chi connectivity index (χ4n) is 9.38. The Morgan fingerprint density at radius 1 is 0.932 bits per heavy atom. The third-order valence-corrected chi connectivity index (χ3v) is 13.4. The molecule has 24 heteroatoms. The first kappa shape index (κ1) is 55.0. The van der Waals surface area contributed by atoms with Crippen LogP contribution >= 0.6 is 0 Å². The minimum absolute atomic E-state index is 0.0619. The minimum Gasteiger partial charge on any atom is -0.481 e. The summed E-state index contributed by atoms with van der Waals surface area (Å²) in [6.07, 6.45) is 1.56. The molecule has 0 aliphatic carbocycles. The predicted octanol–water partition coefficient (Wildman–Crippen LogP) is 0.463. The summed E-state index contributed by atoms with van der Waals surface area (Å²) in [5, 5.41) is 18.4. The molecule has 4 amide bonds. The maximum atomic E-state index is 14.3. The molecule has 0 unspecified atom stereocenters. The van der Waals surface area contributed by atoms with Crippen molar-refractivity contribution in [2.45, 2.75) is 115 Å². The average molecular weight is 1040 g/mol. The number of carbonyl (C=O) groups is 7. The number of ether oxygens (including phenoxy) is 7. The summed E-state index contributed by atoms with van der Waals surface area (Å²) in [4.78, 5) is 113. The number of hydrogen-bond donors (Lipinski definition) is 6. The van der Waals surface area contributed by atoms with E-state index in [1.807, 2.05) is 12.1 Å². The first-order valence-corrected chi connectivity index (χ1v) is 25.1. The molecule has 0 saturated carbocycles. The summed E-state index contributed by atoms with van der Waals surface area (Å²) >= 11 is 0. The number of nitrogens with two attached hydrogens (primary N) is 2. The second kappa shape index (κ2) is 25.0. The predicted molar refractivity (Wildman–Crippen MR) is 261 cm³/mol. The van der Waals surface area contributed by atoms with Gasteiger partial charge in [-0.3, -0.25) is 28.8 Å². The van der Waals surface area contributed by atoms with E-state index in [0.29, 0.717) is 54.3 Å². The van der Waals surface area contributed by atoms with Crippen LogP contribution in [0.1, 0.15) is 88.8 Å². The number of aromatic nitrogens is 2. The number of carboxylic acids is 1. The van der Waals surface area contributed by atoms with E-state index >= 15 is 0 Å². The molecule has 1 aromatic carbocycles. The molecule has 0 radical (unpaired) electrons. The van der Waals surface area contributed by atoms with E-state index in [2.05, 4.69) is 16.0 Å². The van der Waals surface area contributed by atoms with Crippen LogP contribution in [-0.4, -0.2) is 151 Å². The lowest BCUT2D eigenvalue weighted by Gasteiger charge is -2.37. The number of unbranched alkanes of at least 4 members (excludes halogenated alkanes) is 1. The maximum absolute atomic E-state index is 14.3. The molecule has 0 bridgehead atoms. The highest BCUT2D eigenvalue weighted by Crippen LogP contribution is 2.43. The van der Waals surface area contributed by atoms with Gasteiger partial charge in [0.05, 0.1) is 81.1 Å². The number of aliphatic carboxylic acids is 1. The van der Waals surface area contributed by atoms with Crippen LogP contribution in [0.4, 0.5) is 0 Å². The van der Waals surface area contributed by atoms with Gasteiger partial charge < -0.3 is 75.1 Å². The number of benzene rings is 1. The van der Waals surface area contributed by atoms with Crippen molar-refractivity contribution in [2.75, 3.05) is 66.1 Å². The number of rotatable bonds is 27. The Bertz CT molecular complexity index is 2660. The van der Waals surface area contributed by atoms with Crippen molar-refractivity contribution in [2.24, 2.45) is 17.4 Å². The summed E-state index contributed by atoms with van der Waals surface area (Å²) in [6, 6.07) is 2.48. The molecule has 3 aromatic rings. The molecular weight excluding hydrogens is 969 g/mol. The number of pyridine rings is 2. The molecule has 0 spiro atoms. The number of amides is 4. The van der Waals surface area contributed by atoms with Gasteiger partial charge in [-0.1, -0.05) is 27.2 Å². The van der Waals surface area contributed by atoms with Crippen molar-refractivity contribution in [3.8, 4) is 22.9 Å². The summed E-state index contributed by atoms with van der Waals surface area (Å²) in [5.74, 6) is -5.22. The largest absolute Gasteiger partial charge is 0.481 e. The molecule has 4 aliphatic rings. The highest BCUT2D eigenvalue weighted by Gasteiger charge is 2.52. The maximum Gasteiger partial charge on any atom is 0.355 e. The number of likely N-dealkylation sites (tertiary alicyclic amines) is 1. The van der Waals surface area contributed by atoms with E-state index in [-0.39, 0.29) is 102 Å². The van der Waals surface area contributed by atoms with E-state index in [1.54, 1.807) is 32.9 Å². The first-order valence-electron chi connectivity index (χ1n) is 25.1. The second-order valence-corrected chi connectivity index (χ2v) is 18.8. The monoisotopic (exact) mass is 1030 g/mol. The molecule has 1 saturated heterocycles. The van der Waals surface area contributed by atoms with Crippen molar-refractivity contribution >= 4 is 52.4 Å². The molecule has 2 aromatic heterocycles. The zero-order chi connectivity index (χ0) is 53.1. The van der Waals surface area contributed by atoms with E-state index < -0.39 is 83.3 Å². The Morgan fingerprint density at radius 3 is 2.35 bits per heavy atom. The van der Waals surface area contributed by atoms with Gasteiger partial charge in [-0.05, 0) is 62.8 Å². The number of carbonyl (C=O) groups excluding carboxylic acids is 6. The summed E-state index contributed by atoms with van der Waals surface area (Å²) in [6.45, 7) is 6.80. The molecule has 8 N–H and O–H groups in total. The number of hydrogen-bond acceptors (Lipinski definition) is 18. The quantitative estimate of drug-likeness (QED) is 0.0349. The molecule has 7 rings (SSSR count). The third kappa shape index (κ3) is 12.6. The van der Waals surface area contributed by atoms with Crippen LogP contribution in [0.2, 0.25) is 0 Å². The Balaban J connectivity index is 0.914. The molecule has 74 heavy (non-hydrogen) atoms. The zero-order valence-electron chi connectivity index (χ0n) is 41.9. The molecule has 1 fully saturated rings. The summed E-state index contributed by atoms with van der Waals surface area (Å²) in [7, 11) is 0. The second-order valence-electron chi connectivity index (χ2n) is 18.8. The average Bonchev–Trinajstić information content (AvgIpc) is 4.14. The van der Waals surface area contributed by atoms with Crippen molar-refractivity contribution in [1.29, 1.82) is 0 Å². The highest BCUT2D eigenvalue weighted by atomic mass is 16.7. The number of nitrogens with one attached hydrogen (secondary N) is 3. The van der Waals surface area contributed by atoms with E-state index in [4.69, 9.17) is 49.6 Å². The lowest BCUT2D eigenvalue weighted by Crippen LogP contribution is -2.57.